The molecule has 2 aromatic heterocycles. The standard InChI is InChI=1S/C21H23ClN4O2/c1-14(2)17-11-18(22)15(3)10-19(17)28-13-21(27)24-20-7-9-26(25-20)12-16-6-4-5-8-23-16/h4-11,14H,12-13H2,1-3H3,(H,24,25,27). The molecule has 0 bridgehead atoms. The zero-order valence-electron chi connectivity index (χ0n) is 16.1. The SMILES string of the molecule is Cc1cc(OCC(=O)Nc2ccn(Cc3ccccn3)n2)c(C(C)C)cc1Cl. The number of hydrogen-bond donors (Lipinski definition) is 1. The lowest BCUT2D eigenvalue weighted by Crippen LogP contribution is -2.21. The predicted molar refractivity (Wildman–Crippen MR) is 110 cm³/mol. The number of benzene rings is 1. The minimum Gasteiger partial charge on any atom is -0.483 e. The van der Waals surface area contributed by atoms with Gasteiger partial charge in [0, 0.05) is 23.5 Å². The van der Waals surface area contributed by atoms with E-state index in [1.54, 1.807) is 23.1 Å². The van der Waals surface area contributed by atoms with E-state index in [4.69, 9.17) is 16.3 Å². The van der Waals surface area contributed by atoms with E-state index in [-0.39, 0.29) is 18.4 Å². The van der Waals surface area contributed by atoms with Gasteiger partial charge in [0.05, 0.1) is 12.2 Å². The van der Waals surface area contributed by atoms with Crippen molar-refractivity contribution < 1.29 is 9.53 Å². The number of carbonyl (C=O) groups is 1. The van der Waals surface area contributed by atoms with E-state index < -0.39 is 0 Å². The Morgan fingerprint density at radius 2 is 2.11 bits per heavy atom. The summed E-state index contributed by atoms with van der Waals surface area (Å²) >= 11 is 6.21. The zero-order chi connectivity index (χ0) is 20.1. The zero-order valence-corrected chi connectivity index (χ0v) is 16.9. The Kier molecular flexibility index (Phi) is 6.31. The molecular weight excluding hydrogens is 376 g/mol. The number of nitrogens with zero attached hydrogens (tertiary/aromatic N) is 3. The normalized spacial score (nSPS) is 10.9. The summed E-state index contributed by atoms with van der Waals surface area (Å²) in [5, 5.41) is 7.79. The van der Waals surface area contributed by atoms with Crippen LogP contribution in [0.5, 0.6) is 5.75 Å². The van der Waals surface area contributed by atoms with Gasteiger partial charge in [-0.1, -0.05) is 31.5 Å². The quantitative estimate of drug-likeness (QED) is 0.639. The maximum absolute atomic E-state index is 12.3. The van der Waals surface area contributed by atoms with E-state index >= 15 is 0 Å². The van der Waals surface area contributed by atoms with Crippen molar-refractivity contribution >= 4 is 23.3 Å². The van der Waals surface area contributed by atoms with Crippen molar-refractivity contribution in [2.75, 3.05) is 11.9 Å². The summed E-state index contributed by atoms with van der Waals surface area (Å²) < 4.78 is 7.48. The fourth-order valence-electron chi connectivity index (χ4n) is 2.74. The van der Waals surface area contributed by atoms with Crippen molar-refractivity contribution in [2.24, 2.45) is 0 Å². The number of nitrogens with one attached hydrogen (secondary N) is 1. The number of halogens is 1. The lowest BCUT2D eigenvalue weighted by molar-refractivity contribution is -0.118. The van der Waals surface area contributed by atoms with E-state index in [9.17, 15) is 4.79 Å². The minimum absolute atomic E-state index is 0.103. The van der Waals surface area contributed by atoms with Gasteiger partial charge in [0.2, 0.25) is 0 Å². The number of carbonyl (C=O) groups excluding carboxylic acids is 1. The fourth-order valence-corrected chi connectivity index (χ4v) is 2.91. The van der Waals surface area contributed by atoms with E-state index in [0.29, 0.717) is 23.1 Å². The number of ether oxygens (including phenoxy) is 1. The lowest BCUT2D eigenvalue weighted by atomic mass is 10.0. The van der Waals surface area contributed by atoms with E-state index in [0.717, 1.165) is 16.8 Å². The summed E-state index contributed by atoms with van der Waals surface area (Å²) in [5.41, 5.74) is 2.78. The Balaban J connectivity index is 1.59. The molecular formula is C21H23ClN4O2. The summed E-state index contributed by atoms with van der Waals surface area (Å²) in [7, 11) is 0. The van der Waals surface area contributed by atoms with Gasteiger partial charge in [-0.25, -0.2) is 0 Å². The molecule has 0 aliphatic heterocycles. The summed E-state index contributed by atoms with van der Waals surface area (Å²) in [4.78, 5) is 16.5. The van der Waals surface area contributed by atoms with Crippen LogP contribution in [0.1, 0.15) is 36.6 Å². The molecule has 0 fully saturated rings. The van der Waals surface area contributed by atoms with Gasteiger partial charge in [0.1, 0.15) is 5.75 Å². The van der Waals surface area contributed by atoms with Crippen LogP contribution in [-0.2, 0) is 11.3 Å². The topological polar surface area (TPSA) is 69.0 Å². The van der Waals surface area contributed by atoms with E-state index in [2.05, 4.69) is 29.2 Å². The number of amides is 1. The van der Waals surface area contributed by atoms with Crippen LogP contribution in [0.2, 0.25) is 5.02 Å². The summed E-state index contributed by atoms with van der Waals surface area (Å²) in [6.07, 6.45) is 3.54. The van der Waals surface area contributed by atoms with Crippen molar-refractivity contribution in [2.45, 2.75) is 33.2 Å². The molecule has 0 aliphatic rings. The van der Waals surface area contributed by atoms with Crippen molar-refractivity contribution in [3.63, 3.8) is 0 Å². The van der Waals surface area contributed by atoms with Gasteiger partial charge < -0.3 is 10.1 Å². The number of rotatable bonds is 7. The van der Waals surface area contributed by atoms with Crippen LogP contribution in [0.4, 0.5) is 5.82 Å². The smallest absolute Gasteiger partial charge is 0.263 e. The molecule has 0 spiro atoms. The van der Waals surface area contributed by atoms with Crippen LogP contribution in [0.3, 0.4) is 0 Å². The molecule has 0 saturated carbocycles. The molecule has 146 valence electrons. The lowest BCUT2D eigenvalue weighted by Gasteiger charge is -2.15. The first-order valence-electron chi connectivity index (χ1n) is 9.08. The third kappa shape index (κ3) is 5.10. The van der Waals surface area contributed by atoms with Gasteiger partial charge in [-0.15, -0.1) is 0 Å². The monoisotopic (exact) mass is 398 g/mol. The molecule has 3 aromatic rings. The van der Waals surface area contributed by atoms with Crippen LogP contribution in [-0.4, -0.2) is 27.3 Å². The Morgan fingerprint density at radius 3 is 2.82 bits per heavy atom. The predicted octanol–water partition coefficient (Wildman–Crippen LogP) is 4.43. The Labute approximate surface area is 169 Å². The van der Waals surface area contributed by atoms with Crippen molar-refractivity contribution in [1.82, 2.24) is 14.8 Å². The molecule has 0 aliphatic carbocycles. The fraction of sp³-hybridized carbons (Fsp3) is 0.286. The molecule has 7 heteroatoms. The van der Waals surface area contributed by atoms with Gasteiger partial charge in [-0.2, -0.15) is 5.10 Å². The molecule has 28 heavy (non-hydrogen) atoms. The molecule has 0 saturated heterocycles. The molecule has 6 nitrogen and oxygen atoms in total. The van der Waals surface area contributed by atoms with Crippen LogP contribution in [0.25, 0.3) is 0 Å². The maximum atomic E-state index is 12.3. The molecule has 3 rings (SSSR count). The van der Waals surface area contributed by atoms with Crippen LogP contribution in [0, 0.1) is 6.92 Å². The highest BCUT2D eigenvalue weighted by Crippen LogP contribution is 2.32. The summed E-state index contributed by atoms with van der Waals surface area (Å²) in [6, 6.07) is 11.2. The Morgan fingerprint density at radius 1 is 1.29 bits per heavy atom. The first kappa shape index (κ1) is 19.9. The number of aryl methyl sites for hydroxylation is 1. The molecule has 0 radical (unpaired) electrons. The summed E-state index contributed by atoms with van der Waals surface area (Å²) in [5.74, 6) is 1.11. The average molecular weight is 399 g/mol. The van der Waals surface area contributed by atoms with Gasteiger partial charge in [0.25, 0.3) is 5.91 Å². The van der Waals surface area contributed by atoms with E-state index in [1.165, 1.54) is 0 Å². The summed E-state index contributed by atoms with van der Waals surface area (Å²) in [6.45, 7) is 6.46. The minimum atomic E-state index is -0.273. The van der Waals surface area contributed by atoms with Gasteiger partial charge in [-0.05, 0) is 48.2 Å². The molecule has 1 amide bonds. The van der Waals surface area contributed by atoms with E-state index in [1.807, 2.05) is 37.3 Å². The highest BCUT2D eigenvalue weighted by molar-refractivity contribution is 6.31. The average Bonchev–Trinajstić information content (AvgIpc) is 3.09. The number of aromatic nitrogens is 3. The second-order valence-corrected chi connectivity index (χ2v) is 7.26. The molecule has 0 unspecified atom stereocenters. The van der Waals surface area contributed by atoms with Crippen molar-refractivity contribution in [3.05, 3.63) is 70.6 Å². The third-order valence-electron chi connectivity index (χ3n) is 4.23. The second-order valence-electron chi connectivity index (χ2n) is 6.85. The highest BCUT2D eigenvalue weighted by Gasteiger charge is 2.13. The Hall–Kier alpha value is -2.86. The number of hydrogen-bond acceptors (Lipinski definition) is 4. The van der Waals surface area contributed by atoms with Gasteiger partial charge >= 0.3 is 0 Å². The van der Waals surface area contributed by atoms with Crippen LogP contribution >= 0.6 is 11.6 Å². The van der Waals surface area contributed by atoms with Crippen molar-refractivity contribution in [3.8, 4) is 5.75 Å². The van der Waals surface area contributed by atoms with Crippen LogP contribution in [0.15, 0.2) is 48.8 Å². The number of pyridine rings is 1. The van der Waals surface area contributed by atoms with Gasteiger partial charge in [0.15, 0.2) is 12.4 Å². The molecule has 1 N–H and O–H groups in total. The highest BCUT2D eigenvalue weighted by atomic mass is 35.5. The second kappa shape index (κ2) is 8.89. The molecule has 1 aromatic carbocycles. The van der Waals surface area contributed by atoms with Gasteiger partial charge in [-0.3, -0.25) is 14.5 Å². The first-order valence-corrected chi connectivity index (χ1v) is 9.46. The molecule has 2 heterocycles. The largest absolute Gasteiger partial charge is 0.483 e. The number of anilines is 1. The first-order chi connectivity index (χ1) is 13.4. The Bertz CT molecular complexity index is 954. The van der Waals surface area contributed by atoms with Crippen molar-refractivity contribution in [1.29, 1.82) is 0 Å². The van der Waals surface area contributed by atoms with Crippen LogP contribution < -0.4 is 10.1 Å². The molecule has 0 atom stereocenters. The maximum Gasteiger partial charge on any atom is 0.263 e. The third-order valence-corrected chi connectivity index (χ3v) is 4.64.